The summed E-state index contributed by atoms with van der Waals surface area (Å²) < 4.78 is 6.54. The minimum atomic E-state index is -0.101. The highest BCUT2D eigenvalue weighted by molar-refractivity contribution is 6.16. The molecule has 0 fully saturated rings. The van der Waals surface area contributed by atoms with Crippen LogP contribution in [0, 0.1) is 0 Å². The molecule has 4 aromatic carbocycles. The van der Waals surface area contributed by atoms with Crippen LogP contribution in [0.15, 0.2) is 124 Å². The molecule has 1 aromatic heterocycles. The summed E-state index contributed by atoms with van der Waals surface area (Å²) in [5.74, 6) is 0. The zero-order chi connectivity index (χ0) is 26.8. The normalized spacial score (nSPS) is 19.2. The van der Waals surface area contributed by atoms with E-state index in [4.69, 9.17) is 9.41 Å². The number of dihydropyridines is 1. The van der Waals surface area contributed by atoms with Crippen molar-refractivity contribution in [3.05, 3.63) is 137 Å². The molecule has 2 heteroatoms. The van der Waals surface area contributed by atoms with Crippen LogP contribution in [-0.2, 0) is 5.41 Å². The van der Waals surface area contributed by atoms with E-state index in [1.165, 1.54) is 49.7 Å². The minimum absolute atomic E-state index is 0.101. The Morgan fingerprint density at radius 2 is 1.62 bits per heavy atom. The topological polar surface area (TPSA) is 25.5 Å². The molecular formula is C38H31NO. The summed E-state index contributed by atoms with van der Waals surface area (Å²) in [6.07, 6.45) is 12.4. The van der Waals surface area contributed by atoms with E-state index in [1.807, 2.05) is 6.07 Å². The van der Waals surface area contributed by atoms with Gasteiger partial charge in [0.15, 0.2) is 0 Å². The lowest BCUT2D eigenvalue weighted by Crippen LogP contribution is -2.18. The fourth-order valence-electron chi connectivity index (χ4n) is 6.95. The summed E-state index contributed by atoms with van der Waals surface area (Å²) in [5.41, 5.74) is 13.2. The van der Waals surface area contributed by atoms with Crippen LogP contribution in [0.1, 0.15) is 55.4 Å². The molecule has 1 atom stereocenters. The lowest BCUT2D eigenvalue weighted by molar-refractivity contribution is 0.653. The summed E-state index contributed by atoms with van der Waals surface area (Å²) in [6.45, 7) is 4.66. The first-order chi connectivity index (χ1) is 19.6. The van der Waals surface area contributed by atoms with E-state index < -0.39 is 0 Å². The van der Waals surface area contributed by atoms with Gasteiger partial charge in [-0.2, -0.15) is 0 Å². The number of hydrogen-bond acceptors (Lipinski definition) is 2. The van der Waals surface area contributed by atoms with Crippen LogP contribution in [0.3, 0.4) is 0 Å². The van der Waals surface area contributed by atoms with Gasteiger partial charge in [-0.1, -0.05) is 105 Å². The monoisotopic (exact) mass is 517 g/mol. The van der Waals surface area contributed by atoms with Gasteiger partial charge >= 0.3 is 0 Å². The summed E-state index contributed by atoms with van der Waals surface area (Å²) in [7, 11) is 0. The number of furan rings is 1. The molecule has 0 bridgehead atoms. The fourth-order valence-corrected chi connectivity index (χ4v) is 6.95. The number of allylic oxidation sites excluding steroid dienone is 3. The Hall–Kier alpha value is -4.43. The van der Waals surface area contributed by atoms with Gasteiger partial charge in [0.2, 0.25) is 0 Å². The number of para-hydroxylation sites is 1. The molecule has 0 saturated carbocycles. The van der Waals surface area contributed by atoms with E-state index in [2.05, 4.69) is 117 Å². The van der Waals surface area contributed by atoms with Crippen molar-refractivity contribution in [1.29, 1.82) is 0 Å². The Bertz CT molecular complexity index is 1940. The van der Waals surface area contributed by atoms with Gasteiger partial charge in [0.25, 0.3) is 0 Å². The first-order valence-electron chi connectivity index (χ1n) is 14.4. The summed E-state index contributed by atoms with van der Waals surface area (Å²) >= 11 is 0. The highest BCUT2D eigenvalue weighted by atomic mass is 16.3. The third-order valence-electron chi connectivity index (χ3n) is 9.05. The van der Waals surface area contributed by atoms with Crippen LogP contribution in [-0.4, -0.2) is 11.8 Å². The van der Waals surface area contributed by atoms with Crippen molar-refractivity contribution in [3.63, 3.8) is 0 Å². The Morgan fingerprint density at radius 3 is 2.48 bits per heavy atom. The van der Waals surface area contributed by atoms with Crippen LogP contribution >= 0.6 is 0 Å². The van der Waals surface area contributed by atoms with Crippen LogP contribution in [0.25, 0.3) is 38.6 Å². The standard InChI is InChI=1S/C38H31NO/c1-38(2)31-19-17-26(21-30(31)36-32(38)20-18-29-28-15-9-10-16-35(28)40-37(29)36)34-23-27(24-11-5-3-6-12-24)22-33(39-34)25-13-7-4-8-14-25/h3,5-7,9-21,23,33H,4,8,22H2,1-2H3. The maximum Gasteiger partial charge on any atom is 0.143 e. The molecule has 0 radical (unpaired) electrons. The number of benzene rings is 4. The van der Waals surface area contributed by atoms with Crippen LogP contribution in [0.2, 0.25) is 0 Å². The molecule has 0 saturated heterocycles. The Kier molecular flexibility index (Phi) is 5.16. The average Bonchev–Trinajstić information content (AvgIpc) is 3.50. The van der Waals surface area contributed by atoms with Crippen molar-refractivity contribution in [2.45, 2.75) is 44.6 Å². The predicted octanol–water partition coefficient (Wildman–Crippen LogP) is 9.81. The molecule has 1 aliphatic heterocycles. The van der Waals surface area contributed by atoms with Gasteiger partial charge in [0.1, 0.15) is 11.2 Å². The molecule has 0 N–H and O–H groups in total. The second-order valence-electron chi connectivity index (χ2n) is 11.8. The largest absolute Gasteiger partial charge is 0.455 e. The van der Waals surface area contributed by atoms with Crippen molar-refractivity contribution >= 4 is 33.2 Å². The van der Waals surface area contributed by atoms with Gasteiger partial charge in [-0.05, 0) is 70.9 Å². The van der Waals surface area contributed by atoms with E-state index in [9.17, 15) is 0 Å². The molecule has 1 unspecified atom stereocenters. The molecule has 194 valence electrons. The molecule has 40 heavy (non-hydrogen) atoms. The highest BCUT2D eigenvalue weighted by Crippen LogP contribution is 2.52. The number of hydrogen-bond donors (Lipinski definition) is 0. The molecule has 3 aliphatic rings. The number of aliphatic imine (C=N–C) groups is 1. The van der Waals surface area contributed by atoms with Gasteiger partial charge in [0.05, 0.1) is 11.8 Å². The second kappa shape index (κ2) is 8.79. The zero-order valence-corrected chi connectivity index (χ0v) is 22.9. The smallest absolute Gasteiger partial charge is 0.143 e. The first kappa shape index (κ1) is 23.5. The molecule has 2 nitrogen and oxygen atoms in total. The molecule has 8 rings (SSSR count). The van der Waals surface area contributed by atoms with Crippen LogP contribution < -0.4 is 0 Å². The maximum atomic E-state index is 6.54. The first-order valence-corrected chi connectivity index (χ1v) is 14.4. The van der Waals surface area contributed by atoms with Crippen molar-refractivity contribution in [2.24, 2.45) is 4.99 Å². The van der Waals surface area contributed by atoms with Gasteiger partial charge < -0.3 is 4.42 Å². The Morgan fingerprint density at radius 1 is 0.800 bits per heavy atom. The number of nitrogens with zero attached hydrogens (tertiary/aromatic N) is 1. The zero-order valence-electron chi connectivity index (χ0n) is 22.9. The molecular weight excluding hydrogens is 486 g/mol. The highest BCUT2D eigenvalue weighted by Gasteiger charge is 2.38. The third kappa shape index (κ3) is 3.52. The number of fused-ring (bicyclic) bond motifs is 7. The SMILES string of the molecule is CC1(C)c2ccc(C3=NC(C4=CCCC=C4)CC(c4ccccc4)=C3)cc2-c2c1ccc1c2oc2ccccc21. The fraction of sp³-hybridized carbons (Fsp3) is 0.184. The molecule has 0 spiro atoms. The third-order valence-corrected chi connectivity index (χ3v) is 9.05. The van der Waals surface area contributed by atoms with Gasteiger partial charge in [-0.15, -0.1) is 0 Å². The maximum absolute atomic E-state index is 6.54. The average molecular weight is 518 g/mol. The van der Waals surface area contributed by atoms with Gasteiger partial charge in [-0.25, -0.2) is 0 Å². The molecule has 2 heterocycles. The van der Waals surface area contributed by atoms with Crippen molar-refractivity contribution < 1.29 is 4.42 Å². The summed E-state index contributed by atoms with van der Waals surface area (Å²) in [4.78, 5) is 5.36. The van der Waals surface area contributed by atoms with E-state index in [1.54, 1.807) is 0 Å². The van der Waals surface area contributed by atoms with Crippen molar-refractivity contribution in [3.8, 4) is 11.1 Å². The van der Waals surface area contributed by atoms with E-state index in [-0.39, 0.29) is 11.5 Å². The van der Waals surface area contributed by atoms with Crippen LogP contribution in [0.5, 0.6) is 0 Å². The van der Waals surface area contributed by atoms with Crippen LogP contribution in [0.4, 0.5) is 0 Å². The van der Waals surface area contributed by atoms with E-state index in [0.717, 1.165) is 41.7 Å². The van der Waals surface area contributed by atoms with Gasteiger partial charge in [0, 0.05) is 27.3 Å². The Balaban J connectivity index is 1.32. The summed E-state index contributed by atoms with van der Waals surface area (Å²) in [6, 6.07) is 30.8. The van der Waals surface area contributed by atoms with E-state index >= 15 is 0 Å². The lowest BCUT2D eigenvalue weighted by atomic mass is 9.82. The lowest BCUT2D eigenvalue weighted by Gasteiger charge is -2.25. The van der Waals surface area contributed by atoms with Crippen molar-refractivity contribution in [2.75, 3.05) is 0 Å². The number of rotatable bonds is 3. The molecule has 0 amide bonds. The van der Waals surface area contributed by atoms with Crippen molar-refractivity contribution in [1.82, 2.24) is 0 Å². The summed E-state index contributed by atoms with van der Waals surface area (Å²) in [5, 5.41) is 2.35. The minimum Gasteiger partial charge on any atom is -0.455 e. The molecule has 5 aromatic rings. The van der Waals surface area contributed by atoms with Gasteiger partial charge in [-0.3, -0.25) is 4.99 Å². The predicted molar refractivity (Wildman–Crippen MR) is 167 cm³/mol. The quantitative estimate of drug-likeness (QED) is 0.234. The van der Waals surface area contributed by atoms with E-state index in [0.29, 0.717) is 0 Å². The molecule has 2 aliphatic carbocycles. The second-order valence-corrected chi connectivity index (χ2v) is 11.8. The Labute approximate surface area is 235 Å².